The molecule has 0 bridgehead atoms. The predicted octanol–water partition coefficient (Wildman–Crippen LogP) is 5.08. The molecule has 3 aliphatic heterocycles. The topological polar surface area (TPSA) is 166 Å². The second-order valence-electron chi connectivity index (χ2n) is 17.7. The number of anilines is 2. The van der Waals surface area contributed by atoms with Crippen LogP contribution in [-0.4, -0.2) is 95.3 Å². The fourth-order valence-corrected chi connectivity index (χ4v) is 10.2. The average molecular weight is 838 g/mol. The van der Waals surface area contributed by atoms with Crippen molar-refractivity contribution in [3.63, 3.8) is 0 Å². The Morgan fingerprint density at radius 3 is 2.37 bits per heavy atom. The number of nitrogens with one attached hydrogen (secondary N) is 2. The first-order valence-corrected chi connectivity index (χ1v) is 20.9. The molecule has 16 heteroatoms. The van der Waals surface area contributed by atoms with Crippen LogP contribution in [0, 0.1) is 33.9 Å². The van der Waals surface area contributed by atoms with Gasteiger partial charge in [0.2, 0.25) is 5.91 Å². The van der Waals surface area contributed by atoms with Crippen molar-refractivity contribution in [2.24, 2.45) is 16.7 Å². The van der Waals surface area contributed by atoms with Crippen LogP contribution in [-0.2, 0) is 9.59 Å². The van der Waals surface area contributed by atoms with Gasteiger partial charge in [-0.1, -0.05) is 39.3 Å². The summed E-state index contributed by atoms with van der Waals surface area (Å²) in [6.07, 6.45) is 5.02. The minimum atomic E-state index is -0.802. The molecular formula is C44H49ClFN9O5. The van der Waals surface area contributed by atoms with Gasteiger partial charge in [-0.3, -0.25) is 29.4 Å². The summed E-state index contributed by atoms with van der Waals surface area (Å²) in [4.78, 5) is 61.8. The molecule has 2 aromatic carbocycles. The number of nitriles is 1. The number of piperazine rings is 1. The second-order valence-corrected chi connectivity index (χ2v) is 18.1. The Labute approximate surface area is 352 Å². The van der Waals surface area contributed by atoms with Crippen LogP contribution in [0.4, 0.5) is 15.9 Å². The zero-order chi connectivity index (χ0) is 42.5. The third-order valence-corrected chi connectivity index (χ3v) is 13.3. The fourth-order valence-electron chi connectivity index (χ4n) is 9.97. The number of piperidine rings is 2. The number of imide groups is 1. The van der Waals surface area contributed by atoms with Crippen molar-refractivity contribution in [1.29, 1.82) is 5.26 Å². The Hall–Kier alpha value is -5.59. The third kappa shape index (κ3) is 7.78. The van der Waals surface area contributed by atoms with Crippen molar-refractivity contribution in [3.05, 3.63) is 87.2 Å². The van der Waals surface area contributed by atoms with Gasteiger partial charge in [0.1, 0.15) is 24.0 Å². The minimum absolute atomic E-state index is 0.161. The molecule has 0 spiro atoms. The maximum absolute atomic E-state index is 15.6. The Morgan fingerprint density at radius 1 is 0.967 bits per heavy atom. The van der Waals surface area contributed by atoms with Crippen LogP contribution in [0.3, 0.4) is 0 Å². The first-order chi connectivity index (χ1) is 28.6. The number of hydrogen-bond acceptors (Lipinski definition) is 11. The molecule has 5 heterocycles. The molecule has 4 fully saturated rings. The van der Waals surface area contributed by atoms with Crippen molar-refractivity contribution >= 4 is 51.6 Å². The molecule has 60 heavy (non-hydrogen) atoms. The molecule has 2 aromatic heterocycles. The summed E-state index contributed by atoms with van der Waals surface area (Å²) in [6.45, 7) is 13.8. The maximum Gasteiger partial charge on any atom is 0.275 e. The van der Waals surface area contributed by atoms with Gasteiger partial charge in [-0.15, -0.1) is 0 Å². The van der Waals surface area contributed by atoms with Crippen LogP contribution in [0.2, 0.25) is 5.02 Å². The predicted molar refractivity (Wildman–Crippen MR) is 225 cm³/mol. The molecule has 1 atom stereocenters. The van der Waals surface area contributed by atoms with Gasteiger partial charge in [-0.25, -0.2) is 14.1 Å². The van der Waals surface area contributed by atoms with E-state index in [1.165, 1.54) is 16.9 Å². The van der Waals surface area contributed by atoms with Crippen LogP contribution < -0.4 is 30.7 Å². The number of halogens is 2. The van der Waals surface area contributed by atoms with Gasteiger partial charge in [0.15, 0.2) is 11.6 Å². The summed E-state index contributed by atoms with van der Waals surface area (Å²) in [5.74, 6) is -0.488. The van der Waals surface area contributed by atoms with E-state index in [1.807, 2.05) is 50.8 Å². The minimum Gasteiger partial charge on any atom is -0.489 e. The van der Waals surface area contributed by atoms with E-state index in [2.05, 4.69) is 30.5 Å². The smallest absolute Gasteiger partial charge is 0.275 e. The third-order valence-electron chi connectivity index (χ3n) is 13.0. The Morgan fingerprint density at radius 2 is 1.70 bits per heavy atom. The summed E-state index contributed by atoms with van der Waals surface area (Å²) >= 11 is 6.23. The van der Waals surface area contributed by atoms with E-state index in [-0.39, 0.29) is 47.8 Å². The number of rotatable bonds is 9. The van der Waals surface area contributed by atoms with E-state index >= 15 is 4.39 Å². The zero-order valence-electron chi connectivity index (χ0n) is 34.2. The first-order valence-electron chi connectivity index (χ1n) is 20.5. The van der Waals surface area contributed by atoms with Crippen LogP contribution in [0.25, 0.3) is 10.8 Å². The van der Waals surface area contributed by atoms with Gasteiger partial charge in [-0.05, 0) is 61.6 Å². The highest BCUT2D eigenvalue weighted by Crippen LogP contribution is 2.55. The normalized spacial score (nSPS) is 23.1. The number of fused-ring (bicyclic) bond motifs is 1. The fraction of sp³-hybridized carbons (Fsp3) is 0.477. The largest absolute Gasteiger partial charge is 0.489 e. The standard InChI is InChI=1S/C44H49ClFN9O5/c1-43(2)41(44(3,4)42(43)60-31-7-5-27(22-47)33(45)21-31)51-38(57)29-20-34(46)37(48-23-29)54-13-11-26(12-14-54)25-52-15-17-53(18-16-52)30-6-8-32-28(19-30)24-49-55(40(32)59)35-9-10-36(56)50-39(35)58/h5-8,19-21,23-24,26,35,41-42H,9-18,25H2,1-4H3,(H,51,57)(H,50,56,58)/t35-,41-,42-/m1/s1. The van der Waals surface area contributed by atoms with E-state index in [0.29, 0.717) is 46.1 Å². The number of aromatic nitrogens is 3. The lowest BCUT2D eigenvalue weighted by molar-refractivity contribution is -0.164. The van der Waals surface area contributed by atoms with Crippen molar-refractivity contribution in [2.45, 2.75) is 71.6 Å². The van der Waals surface area contributed by atoms with Gasteiger partial charge >= 0.3 is 0 Å². The molecule has 8 rings (SSSR count). The number of benzene rings is 2. The second kappa shape index (κ2) is 16.1. The number of pyridine rings is 1. The van der Waals surface area contributed by atoms with Crippen molar-refractivity contribution in [1.82, 2.24) is 30.3 Å². The van der Waals surface area contributed by atoms with Crippen LogP contribution in [0.5, 0.6) is 5.75 Å². The van der Waals surface area contributed by atoms with Gasteiger partial charge in [0, 0.05) is 92.4 Å². The van der Waals surface area contributed by atoms with E-state index in [1.54, 1.807) is 30.5 Å². The molecule has 3 saturated heterocycles. The Bertz CT molecular complexity index is 2440. The molecule has 4 aromatic rings. The summed E-state index contributed by atoms with van der Waals surface area (Å²) in [5, 5.41) is 20.4. The number of hydrogen-bond donors (Lipinski definition) is 2. The Balaban J connectivity index is 0.808. The molecule has 3 amide bonds. The molecule has 0 radical (unpaired) electrons. The van der Waals surface area contributed by atoms with Crippen molar-refractivity contribution < 1.29 is 23.5 Å². The van der Waals surface area contributed by atoms with E-state index < -0.39 is 34.5 Å². The van der Waals surface area contributed by atoms with Crippen LogP contribution >= 0.6 is 11.6 Å². The number of carbonyl (C=O) groups excluding carboxylic acids is 3. The lowest BCUT2D eigenvalue weighted by atomic mass is 9.49. The number of nitrogens with zero attached hydrogens (tertiary/aromatic N) is 7. The van der Waals surface area contributed by atoms with Gasteiger partial charge in [-0.2, -0.15) is 10.4 Å². The first kappa shape index (κ1) is 41.2. The average Bonchev–Trinajstić information content (AvgIpc) is 3.22. The molecule has 1 saturated carbocycles. The molecule has 4 aliphatic rings. The number of amides is 3. The lowest BCUT2D eigenvalue weighted by Gasteiger charge is -2.63. The van der Waals surface area contributed by atoms with Crippen molar-refractivity contribution in [2.75, 3.05) is 55.6 Å². The summed E-state index contributed by atoms with van der Waals surface area (Å²) in [7, 11) is 0. The molecule has 314 valence electrons. The molecule has 14 nitrogen and oxygen atoms in total. The van der Waals surface area contributed by atoms with Crippen LogP contribution in [0.1, 0.15) is 75.3 Å². The highest BCUT2D eigenvalue weighted by molar-refractivity contribution is 6.31. The molecule has 0 unspecified atom stereocenters. The van der Waals surface area contributed by atoms with Gasteiger partial charge in [0.05, 0.1) is 27.7 Å². The number of ether oxygens (including phenoxy) is 1. The van der Waals surface area contributed by atoms with E-state index in [9.17, 15) is 24.4 Å². The molecule has 2 N–H and O–H groups in total. The van der Waals surface area contributed by atoms with E-state index in [4.69, 9.17) is 16.3 Å². The quantitative estimate of drug-likeness (QED) is 0.216. The zero-order valence-corrected chi connectivity index (χ0v) is 35.0. The maximum atomic E-state index is 15.6. The molecule has 1 aliphatic carbocycles. The Kier molecular flexibility index (Phi) is 11.1. The van der Waals surface area contributed by atoms with Gasteiger partial charge < -0.3 is 19.9 Å². The highest BCUT2D eigenvalue weighted by Gasteiger charge is 2.64. The molecular weight excluding hydrogens is 789 g/mol. The SMILES string of the molecule is CC1(C)[C@H](NC(=O)c2cnc(N3CCC(CN4CCN(c5ccc6c(=O)n([C@@H]7CCC(=O)NC7=O)ncc6c5)CC4)CC3)c(F)c2)C(C)(C)[C@H]1Oc1ccc(C#N)c(Cl)c1. The summed E-state index contributed by atoms with van der Waals surface area (Å²) < 4.78 is 23.1. The number of carbonyl (C=O) groups is 3. The van der Waals surface area contributed by atoms with Crippen molar-refractivity contribution in [3.8, 4) is 11.8 Å². The van der Waals surface area contributed by atoms with Gasteiger partial charge in [0.25, 0.3) is 17.4 Å². The van der Waals surface area contributed by atoms with Crippen LogP contribution in [0.15, 0.2) is 59.7 Å². The summed E-state index contributed by atoms with van der Waals surface area (Å²) in [6, 6.07) is 12.9. The monoisotopic (exact) mass is 837 g/mol. The van der Waals surface area contributed by atoms with E-state index in [0.717, 1.165) is 51.3 Å². The lowest BCUT2D eigenvalue weighted by Crippen LogP contribution is -2.74. The summed E-state index contributed by atoms with van der Waals surface area (Å²) in [5.41, 5.74) is 0.262. The highest BCUT2D eigenvalue weighted by atomic mass is 35.5.